The zero-order chi connectivity index (χ0) is 14.9. The lowest BCUT2D eigenvalue weighted by Crippen LogP contribution is -2.35. The Bertz CT molecular complexity index is 464. The maximum atomic E-state index is 5.93. The SMILES string of the molecule is CC1CCCC(Nc2cc(N)nc(C(C)(C)C)n2)C1C. The molecule has 1 aromatic rings. The van der Waals surface area contributed by atoms with Crippen LogP contribution < -0.4 is 11.1 Å². The highest BCUT2D eigenvalue weighted by molar-refractivity contribution is 5.46. The van der Waals surface area contributed by atoms with Gasteiger partial charge in [-0.1, -0.05) is 47.5 Å². The molecule has 1 heterocycles. The lowest BCUT2D eigenvalue weighted by molar-refractivity contribution is 0.253. The zero-order valence-electron chi connectivity index (χ0n) is 13.4. The number of hydrogen-bond donors (Lipinski definition) is 2. The minimum Gasteiger partial charge on any atom is -0.384 e. The third-order valence-corrected chi connectivity index (χ3v) is 4.46. The largest absolute Gasteiger partial charge is 0.384 e. The van der Waals surface area contributed by atoms with Crippen molar-refractivity contribution < 1.29 is 0 Å². The van der Waals surface area contributed by atoms with E-state index >= 15 is 0 Å². The molecule has 0 radical (unpaired) electrons. The Kier molecular flexibility index (Phi) is 4.21. The average molecular weight is 276 g/mol. The smallest absolute Gasteiger partial charge is 0.138 e. The van der Waals surface area contributed by atoms with E-state index in [1.807, 2.05) is 6.07 Å². The maximum Gasteiger partial charge on any atom is 0.138 e. The number of hydrogen-bond acceptors (Lipinski definition) is 4. The van der Waals surface area contributed by atoms with Crippen LogP contribution in [0.2, 0.25) is 0 Å². The number of aromatic nitrogens is 2. The zero-order valence-corrected chi connectivity index (χ0v) is 13.4. The molecule has 4 heteroatoms. The molecule has 3 N–H and O–H groups in total. The van der Waals surface area contributed by atoms with Crippen molar-refractivity contribution in [2.24, 2.45) is 11.8 Å². The molecule has 20 heavy (non-hydrogen) atoms. The molecular formula is C16H28N4. The first-order valence-corrected chi connectivity index (χ1v) is 7.69. The van der Waals surface area contributed by atoms with Gasteiger partial charge in [0, 0.05) is 17.5 Å². The van der Waals surface area contributed by atoms with Crippen LogP contribution in [-0.2, 0) is 5.41 Å². The highest BCUT2D eigenvalue weighted by Crippen LogP contribution is 2.31. The molecule has 0 amide bonds. The Morgan fingerprint density at radius 3 is 2.55 bits per heavy atom. The highest BCUT2D eigenvalue weighted by Gasteiger charge is 2.27. The van der Waals surface area contributed by atoms with E-state index in [4.69, 9.17) is 5.73 Å². The van der Waals surface area contributed by atoms with Gasteiger partial charge in [-0.25, -0.2) is 9.97 Å². The van der Waals surface area contributed by atoms with E-state index in [0.29, 0.717) is 17.8 Å². The fraction of sp³-hybridized carbons (Fsp3) is 0.750. The molecule has 1 fully saturated rings. The van der Waals surface area contributed by atoms with Crippen LogP contribution in [0, 0.1) is 11.8 Å². The van der Waals surface area contributed by atoms with Gasteiger partial charge in [0.2, 0.25) is 0 Å². The summed E-state index contributed by atoms with van der Waals surface area (Å²) in [7, 11) is 0. The first-order chi connectivity index (χ1) is 9.27. The number of anilines is 2. The third-order valence-electron chi connectivity index (χ3n) is 4.46. The Morgan fingerprint density at radius 2 is 1.90 bits per heavy atom. The predicted molar refractivity (Wildman–Crippen MR) is 84.7 cm³/mol. The first-order valence-electron chi connectivity index (χ1n) is 7.69. The van der Waals surface area contributed by atoms with Gasteiger partial charge in [0.05, 0.1) is 0 Å². The summed E-state index contributed by atoms with van der Waals surface area (Å²) >= 11 is 0. The molecule has 0 aliphatic heterocycles. The number of nitrogens with one attached hydrogen (secondary N) is 1. The Labute approximate surface area is 122 Å². The van der Waals surface area contributed by atoms with Gasteiger partial charge in [-0.05, 0) is 18.3 Å². The number of nitrogen functional groups attached to an aromatic ring is 1. The van der Waals surface area contributed by atoms with Crippen LogP contribution in [0.4, 0.5) is 11.6 Å². The quantitative estimate of drug-likeness (QED) is 0.866. The second-order valence-corrected chi connectivity index (χ2v) is 7.27. The van der Waals surface area contributed by atoms with Gasteiger partial charge >= 0.3 is 0 Å². The topological polar surface area (TPSA) is 63.8 Å². The summed E-state index contributed by atoms with van der Waals surface area (Å²) in [5.74, 6) is 3.65. The summed E-state index contributed by atoms with van der Waals surface area (Å²) in [4.78, 5) is 9.02. The summed E-state index contributed by atoms with van der Waals surface area (Å²) in [5, 5.41) is 3.58. The molecular weight excluding hydrogens is 248 g/mol. The normalized spacial score (nSPS) is 27.4. The first kappa shape index (κ1) is 15.1. The maximum absolute atomic E-state index is 5.93. The van der Waals surface area contributed by atoms with Gasteiger partial charge in [0.15, 0.2) is 0 Å². The number of rotatable bonds is 2. The molecule has 0 saturated heterocycles. The molecule has 1 saturated carbocycles. The van der Waals surface area contributed by atoms with Crippen LogP contribution in [-0.4, -0.2) is 16.0 Å². The molecule has 0 spiro atoms. The van der Waals surface area contributed by atoms with Crippen molar-refractivity contribution in [3.63, 3.8) is 0 Å². The van der Waals surface area contributed by atoms with Gasteiger partial charge in [-0.3, -0.25) is 0 Å². The summed E-state index contributed by atoms with van der Waals surface area (Å²) in [5.41, 5.74) is 5.85. The fourth-order valence-corrected chi connectivity index (χ4v) is 2.85. The van der Waals surface area contributed by atoms with Gasteiger partial charge < -0.3 is 11.1 Å². The van der Waals surface area contributed by atoms with Crippen LogP contribution in [0.1, 0.15) is 59.7 Å². The molecule has 3 unspecified atom stereocenters. The van der Waals surface area contributed by atoms with Crippen molar-refractivity contribution in [3.05, 3.63) is 11.9 Å². The fourth-order valence-electron chi connectivity index (χ4n) is 2.85. The number of nitrogens with zero attached hydrogens (tertiary/aromatic N) is 2. The van der Waals surface area contributed by atoms with Crippen molar-refractivity contribution in [2.45, 2.75) is 65.3 Å². The van der Waals surface area contributed by atoms with Crippen molar-refractivity contribution in [1.82, 2.24) is 9.97 Å². The molecule has 0 bridgehead atoms. The minimum atomic E-state index is -0.0860. The second-order valence-electron chi connectivity index (χ2n) is 7.27. The lowest BCUT2D eigenvalue weighted by atomic mass is 9.78. The molecule has 1 aliphatic carbocycles. The molecule has 4 nitrogen and oxygen atoms in total. The lowest BCUT2D eigenvalue weighted by Gasteiger charge is -2.35. The van der Waals surface area contributed by atoms with Crippen molar-refractivity contribution in [2.75, 3.05) is 11.1 Å². The summed E-state index contributed by atoms with van der Waals surface area (Å²) in [6.45, 7) is 11.0. The van der Waals surface area contributed by atoms with E-state index in [-0.39, 0.29) is 5.41 Å². The van der Waals surface area contributed by atoms with Crippen LogP contribution in [0.25, 0.3) is 0 Å². The van der Waals surface area contributed by atoms with Gasteiger partial charge in [0.25, 0.3) is 0 Å². The monoisotopic (exact) mass is 276 g/mol. The van der Waals surface area contributed by atoms with E-state index in [1.165, 1.54) is 19.3 Å². The summed E-state index contributed by atoms with van der Waals surface area (Å²) in [6.07, 6.45) is 3.83. The van der Waals surface area contributed by atoms with Crippen LogP contribution in [0.5, 0.6) is 0 Å². The van der Waals surface area contributed by atoms with E-state index in [1.54, 1.807) is 0 Å². The molecule has 0 aromatic carbocycles. The molecule has 3 atom stereocenters. The summed E-state index contributed by atoms with van der Waals surface area (Å²) < 4.78 is 0. The van der Waals surface area contributed by atoms with Crippen LogP contribution in [0.15, 0.2) is 6.07 Å². The van der Waals surface area contributed by atoms with Crippen molar-refractivity contribution in [1.29, 1.82) is 0 Å². The Balaban J connectivity index is 2.19. The standard InChI is InChI=1S/C16H28N4/c1-10-7-6-8-12(11(10)2)18-14-9-13(17)19-15(20-14)16(3,4)5/h9-12H,6-8H2,1-5H3,(H3,17,18,19,20). The Morgan fingerprint density at radius 1 is 1.20 bits per heavy atom. The minimum absolute atomic E-state index is 0.0860. The third kappa shape index (κ3) is 3.41. The van der Waals surface area contributed by atoms with Gasteiger partial charge in [-0.15, -0.1) is 0 Å². The number of nitrogens with two attached hydrogens (primary N) is 1. The van der Waals surface area contributed by atoms with Gasteiger partial charge in [-0.2, -0.15) is 0 Å². The van der Waals surface area contributed by atoms with Crippen molar-refractivity contribution in [3.8, 4) is 0 Å². The van der Waals surface area contributed by atoms with E-state index < -0.39 is 0 Å². The van der Waals surface area contributed by atoms with Crippen molar-refractivity contribution >= 4 is 11.6 Å². The summed E-state index contributed by atoms with van der Waals surface area (Å²) in [6, 6.07) is 2.34. The predicted octanol–water partition coefficient (Wildman–Crippen LogP) is 3.59. The van der Waals surface area contributed by atoms with Crippen LogP contribution >= 0.6 is 0 Å². The molecule has 1 aliphatic rings. The van der Waals surface area contributed by atoms with E-state index in [9.17, 15) is 0 Å². The molecule has 112 valence electrons. The van der Waals surface area contributed by atoms with Gasteiger partial charge in [0.1, 0.15) is 17.5 Å². The molecule has 2 rings (SSSR count). The Hall–Kier alpha value is -1.32. The van der Waals surface area contributed by atoms with E-state index in [2.05, 4.69) is 49.9 Å². The van der Waals surface area contributed by atoms with Crippen LogP contribution in [0.3, 0.4) is 0 Å². The highest BCUT2D eigenvalue weighted by atomic mass is 15.1. The second kappa shape index (κ2) is 5.58. The average Bonchev–Trinajstić information content (AvgIpc) is 2.33. The molecule has 1 aromatic heterocycles. The van der Waals surface area contributed by atoms with E-state index in [0.717, 1.165) is 17.6 Å².